The summed E-state index contributed by atoms with van der Waals surface area (Å²) in [5, 5.41) is 7.40. The standard InChI is InChI=1S/C17H21N5O2/c1-20-8-3-4-14(20)17(24)22-9-7-13-12(10-22)15(19-21(13)2)18-16(23)11-5-6-11/h3-4,8,11H,5-7,9-10H2,1-2H3,(H,18,19,23). The van der Waals surface area contributed by atoms with E-state index in [-0.39, 0.29) is 17.7 Å². The molecule has 1 aliphatic heterocycles. The highest BCUT2D eigenvalue weighted by atomic mass is 16.2. The van der Waals surface area contributed by atoms with Crippen LogP contribution in [0.1, 0.15) is 34.6 Å². The van der Waals surface area contributed by atoms with Crippen LogP contribution in [0.25, 0.3) is 0 Å². The lowest BCUT2D eigenvalue weighted by molar-refractivity contribution is -0.117. The predicted molar refractivity (Wildman–Crippen MR) is 88.4 cm³/mol. The van der Waals surface area contributed by atoms with Crippen molar-refractivity contribution in [3.63, 3.8) is 0 Å². The zero-order chi connectivity index (χ0) is 16.8. The van der Waals surface area contributed by atoms with Crippen LogP contribution in [0.4, 0.5) is 5.82 Å². The van der Waals surface area contributed by atoms with Gasteiger partial charge in [0.15, 0.2) is 5.82 Å². The van der Waals surface area contributed by atoms with E-state index in [0.717, 1.165) is 30.5 Å². The van der Waals surface area contributed by atoms with E-state index in [2.05, 4.69) is 10.4 Å². The monoisotopic (exact) mass is 327 g/mol. The van der Waals surface area contributed by atoms with Crippen molar-refractivity contribution in [3.8, 4) is 0 Å². The molecular formula is C17H21N5O2. The van der Waals surface area contributed by atoms with Crippen molar-refractivity contribution in [2.24, 2.45) is 20.0 Å². The molecule has 0 unspecified atom stereocenters. The van der Waals surface area contributed by atoms with Gasteiger partial charge in [0, 0.05) is 50.4 Å². The molecule has 2 aromatic rings. The maximum absolute atomic E-state index is 12.7. The Bertz CT molecular complexity index is 815. The molecule has 126 valence electrons. The van der Waals surface area contributed by atoms with Crippen LogP contribution < -0.4 is 5.32 Å². The molecule has 0 spiro atoms. The molecule has 3 heterocycles. The topological polar surface area (TPSA) is 72.2 Å². The van der Waals surface area contributed by atoms with Crippen LogP contribution in [-0.2, 0) is 31.9 Å². The lowest BCUT2D eigenvalue weighted by Crippen LogP contribution is -2.37. The van der Waals surface area contributed by atoms with Gasteiger partial charge in [0.2, 0.25) is 5.91 Å². The first kappa shape index (κ1) is 15.0. The summed E-state index contributed by atoms with van der Waals surface area (Å²) in [4.78, 5) is 26.6. The molecular weight excluding hydrogens is 306 g/mol. The minimum atomic E-state index is 0.0106. The normalized spacial score (nSPS) is 16.8. The van der Waals surface area contributed by atoms with Crippen LogP contribution in [0.2, 0.25) is 0 Å². The second kappa shape index (κ2) is 5.51. The Balaban J connectivity index is 1.58. The maximum Gasteiger partial charge on any atom is 0.270 e. The molecule has 2 aromatic heterocycles. The minimum absolute atomic E-state index is 0.0106. The highest BCUT2D eigenvalue weighted by Crippen LogP contribution is 2.32. The molecule has 1 fully saturated rings. The zero-order valence-corrected chi connectivity index (χ0v) is 14.0. The molecule has 1 aliphatic carbocycles. The van der Waals surface area contributed by atoms with E-state index in [0.29, 0.717) is 24.6 Å². The van der Waals surface area contributed by atoms with Gasteiger partial charge in [-0.3, -0.25) is 14.3 Å². The van der Waals surface area contributed by atoms with Crippen molar-refractivity contribution in [3.05, 3.63) is 35.3 Å². The Morgan fingerprint density at radius 1 is 1.29 bits per heavy atom. The summed E-state index contributed by atoms with van der Waals surface area (Å²) < 4.78 is 3.65. The predicted octanol–water partition coefficient (Wildman–Crippen LogP) is 1.31. The van der Waals surface area contributed by atoms with Crippen LogP contribution in [-0.4, -0.2) is 37.6 Å². The van der Waals surface area contributed by atoms with Crippen molar-refractivity contribution in [2.45, 2.75) is 25.8 Å². The number of nitrogens with one attached hydrogen (secondary N) is 1. The van der Waals surface area contributed by atoms with E-state index >= 15 is 0 Å². The molecule has 7 heteroatoms. The molecule has 0 bridgehead atoms. The second-order valence-electron chi connectivity index (χ2n) is 6.64. The summed E-state index contributed by atoms with van der Waals surface area (Å²) in [5.74, 6) is 0.791. The molecule has 24 heavy (non-hydrogen) atoms. The van der Waals surface area contributed by atoms with Crippen LogP contribution >= 0.6 is 0 Å². The van der Waals surface area contributed by atoms with E-state index in [1.165, 1.54) is 0 Å². The number of carbonyl (C=O) groups excluding carboxylic acids is 2. The first-order valence-electron chi connectivity index (χ1n) is 8.31. The van der Waals surface area contributed by atoms with Crippen LogP contribution in [0.5, 0.6) is 0 Å². The van der Waals surface area contributed by atoms with Gasteiger partial charge < -0.3 is 14.8 Å². The van der Waals surface area contributed by atoms with Gasteiger partial charge in [0.05, 0.1) is 6.54 Å². The fraction of sp³-hybridized carbons (Fsp3) is 0.471. The quantitative estimate of drug-likeness (QED) is 0.924. The molecule has 2 amide bonds. The summed E-state index contributed by atoms with van der Waals surface area (Å²) in [7, 11) is 3.76. The number of anilines is 1. The third-order valence-corrected chi connectivity index (χ3v) is 4.88. The largest absolute Gasteiger partial charge is 0.347 e. The number of rotatable bonds is 3. The third-order valence-electron chi connectivity index (χ3n) is 4.88. The molecule has 2 aliphatic rings. The fourth-order valence-corrected chi connectivity index (χ4v) is 3.28. The Hall–Kier alpha value is -2.57. The Kier molecular flexibility index (Phi) is 3.44. The van der Waals surface area contributed by atoms with E-state index < -0.39 is 0 Å². The number of fused-ring (bicyclic) bond motifs is 1. The number of aromatic nitrogens is 3. The molecule has 7 nitrogen and oxygen atoms in total. The lowest BCUT2D eigenvalue weighted by Gasteiger charge is -2.27. The SMILES string of the molecule is Cn1cccc1C(=O)N1CCc2c(c(NC(=O)C3CC3)nn2C)C1. The van der Waals surface area contributed by atoms with E-state index in [1.54, 1.807) is 0 Å². The molecule has 0 atom stereocenters. The summed E-state index contributed by atoms with van der Waals surface area (Å²) in [6, 6.07) is 3.70. The molecule has 1 saturated carbocycles. The highest BCUT2D eigenvalue weighted by molar-refractivity contribution is 5.95. The van der Waals surface area contributed by atoms with E-state index in [4.69, 9.17) is 0 Å². The van der Waals surface area contributed by atoms with E-state index in [9.17, 15) is 9.59 Å². The summed E-state index contributed by atoms with van der Waals surface area (Å²) >= 11 is 0. The number of nitrogens with zero attached hydrogens (tertiary/aromatic N) is 4. The van der Waals surface area contributed by atoms with Gasteiger partial charge in [0.25, 0.3) is 5.91 Å². The number of amides is 2. The van der Waals surface area contributed by atoms with Crippen molar-refractivity contribution in [1.29, 1.82) is 0 Å². The van der Waals surface area contributed by atoms with Gasteiger partial charge in [-0.1, -0.05) is 0 Å². The first-order chi connectivity index (χ1) is 11.5. The smallest absolute Gasteiger partial charge is 0.270 e. The Morgan fingerprint density at radius 3 is 2.75 bits per heavy atom. The highest BCUT2D eigenvalue weighted by Gasteiger charge is 2.33. The number of carbonyl (C=O) groups is 2. The fourth-order valence-electron chi connectivity index (χ4n) is 3.28. The van der Waals surface area contributed by atoms with Crippen LogP contribution in [0.15, 0.2) is 18.3 Å². The average Bonchev–Trinajstić information content (AvgIpc) is 3.28. The molecule has 0 saturated heterocycles. The molecule has 0 radical (unpaired) electrons. The number of hydrogen-bond donors (Lipinski definition) is 1. The van der Waals surface area contributed by atoms with Crippen molar-refractivity contribution < 1.29 is 9.59 Å². The first-order valence-corrected chi connectivity index (χ1v) is 8.31. The van der Waals surface area contributed by atoms with Gasteiger partial charge in [-0.25, -0.2) is 0 Å². The summed E-state index contributed by atoms with van der Waals surface area (Å²) in [5.41, 5.74) is 2.73. The average molecular weight is 327 g/mol. The molecule has 4 rings (SSSR count). The van der Waals surface area contributed by atoms with Gasteiger partial charge >= 0.3 is 0 Å². The van der Waals surface area contributed by atoms with Crippen LogP contribution in [0, 0.1) is 5.92 Å². The lowest BCUT2D eigenvalue weighted by atomic mass is 10.1. The Labute approximate surface area is 140 Å². The zero-order valence-electron chi connectivity index (χ0n) is 14.0. The van der Waals surface area contributed by atoms with Gasteiger partial charge in [-0.15, -0.1) is 0 Å². The van der Waals surface area contributed by atoms with E-state index in [1.807, 2.05) is 46.6 Å². The van der Waals surface area contributed by atoms with Crippen LogP contribution in [0.3, 0.4) is 0 Å². The summed E-state index contributed by atoms with van der Waals surface area (Å²) in [6.45, 7) is 1.14. The van der Waals surface area contributed by atoms with Crippen molar-refractivity contribution in [2.75, 3.05) is 11.9 Å². The number of hydrogen-bond acceptors (Lipinski definition) is 3. The maximum atomic E-state index is 12.7. The van der Waals surface area contributed by atoms with Gasteiger partial charge in [-0.2, -0.15) is 5.10 Å². The number of aryl methyl sites for hydroxylation is 2. The van der Waals surface area contributed by atoms with Gasteiger partial charge in [-0.05, 0) is 25.0 Å². The third kappa shape index (κ3) is 2.50. The Morgan fingerprint density at radius 2 is 2.08 bits per heavy atom. The molecule has 0 aromatic carbocycles. The van der Waals surface area contributed by atoms with Gasteiger partial charge in [0.1, 0.15) is 5.69 Å². The minimum Gasteiger partial charge on any atom is -0.347 e. The van der Waals surface area contributed by atoms with Crippen molar-refractivity contribution in [1.82, 2.24) is 19.2 Å². The summed E-state index contributed by atoms with van der Waals surface area (Å²) in [6.07, 6.45) is 4.53. The second-order valence-corrected chi connectivity index (χ2v) is 6.64. The molecule has 1 N–H and O–H groups in total. The van der Waals surface area contributed by atoms with Crippen molar-refractivity contribution >= 4 is 17.6 Å².